The van der Waals surface area contributed by atoms with Crippen LogP contribution in [0.5, 0.6) is 0 Å². The first-order chi connectivity index (χ1) is 7.24. The van der Waals surface area contributed by atoms with E-state index in [2.05, 4.69) is 6.92 Å². The maximum Gasteiger partial charge on any atom is 0.420 e. The van der Waals surface area contributed by atoms with Gasteiger partial charge in [-0.2, -0.15) is 0 Å². The highest BCUT2D eigenvalue weighted by Crippen LogP contribution is 2.19. The summed E-state index contributed by atoms with van der Waals surface area (Å²) in [5.74, 6) is -0.323. The maximum atomic E-state index is 11.5. The lowest BCUT2D eigenvalue weighted by molar-refractivity contribution is 0.496. The van der Waals surface area contributed by atoms with Crippen molar-refractivity contribution in [3.8, 4) is 0 Å². The van der Waals surface area contributed by atoms with Gasteiger partial charge in [-0.05, 0) is 18.6 Å². The second-order valence-electron chi connectivity index (χ2n) is 3.57. The molecular weight excluding hydrogens is 192 g/mol. The molecule has 2 N–H and O–H groups in total. The molecule has 4 nitrogen and oxygen atoms in total. The number of aromatic nitrogens is 1. The number of rotatable bonds is 3. The molecule has 4 heteroatoms. The quantitative estimate of drug-likeness (QED) is 0.781. The summed E-state index contributed by atoms with van der Waals surface area (Å²) in [6, 6.07) is 5.32. The topological polar surface area (TPSA) is 61.2 Å². The van der Waals surface area contributed by atoms with Crippen LogP contribution >= 0.6 is 0 Å². The molecule has 1 heterocycles. The van der Waals surface area contributed by atoms with Crippen LogP contribution in [0.4, 0.5) is 5.69 Å². The van der Waals surface area contributed by atoms with Gasteiger partial charge >= 0.3 is 5.76 Å². The molecule has 0 atom stereocenters. The van der Waals surface area contributed by atoms with Gasteiger partial charge in [0.1, 0.15) is 5.52 Å². The predicted octanol–water partition coefficient (Wildman–Crippen LogP) is 1.98. The number of nitrogens with zero attached hydrogens (tertiary/aromatic N) is 1. The monoisotopic (exact) mass is 206 g/mol. The van der Waals surface area contributed by atoms with Crippen LogP contribution in [0.15, 0.2) is 27.4 Å². The number of unbranched alkanes of at least 4 members (excludes halogenated alkanes) is 1. The third-order valence-corrected chi connectivity index (χ3v) is 2.45. The number of para-hydroxylation sites is 1. The summed E-state index contributed by atoms with van der Waals surface area (Å²) in [4.78, 5) is 11.5. The Morgan fingerprint density at radius 2 is 2.27 bits per heavy atom. The van der Waals surface area contributed by atoms with Gasteiger partial charge in [0, 0.05) is 6.54 Å². The van der Waals surface area contributed by atoms with Crippen molar-refractivity contribution < 1.29 is 4.42 Å². The molecule has 0 aliphatic rings. The second kappa shape index (κ2) is 3.81. The molecule has 0 aliphatic carbocycles. The van der Waals surface area contributed by atoms with Crippen LogP contribution in [0, 0.1) is 0 Å². The van der Waals surface area contributed by atoms with Gasteiger partial charge < -0.3 is 10.2 Å². The summed E-state index contributed by atoms with van der Waals surface area (Å²) in [6.45, 7) is 2.74. The summed E-state index contributed by atoms with van der Waals surface area (Å²) in [5.41, 5.74) is 7.70. The van der Waals surface area contributed by atoms with E-state index in [9.17, 15) is 4.79 Å². The van der Waals surface area contributed by atoms with E-state index in [1.807, 2.05) is 0 Å². The van der Waals surface area contributed by atoms with E-state index in [1.165, 1.54) is 0 Å². The fourth-order valence-corrected chi connectivity index (χ4v) is 1.67. The minimum atomic E-state index is -0.323. The molecule has 0 radical (unpaired) electrons. The number of anilines is 1. The zero-order valence-corrected chi connectivity index (χ0v) is 8.69. The standard InChI is InChI=1S/C11H14N2O2/c1-2-3-7-13-10-8(12)5-4-6-9(10)15-11(13)14/h4-6H,2-3,7,12H2,1H3. The number of hydrogen-bond acceptors (Lipinski definition) is 3. The van der Waals surface area contributed by atoms with Gasteiger partial charge in [0.15, 0.2) is 5.58 Å². The van der Waals surface area contributed by atoms with Crippen molar-refractivity contribution in [2.45, 2.75) is 26.3 Å². The second-order valence-corrected chi connectivity index (χ2v) is 3.57. The average molecular weight is 206 g/mol. The molecule has 0 spiro atoms. The number of nitrogens with two attached hydrogens (primary N) is 1. The Kier molecular flexibility index (Phi) is 2.49. The van der Waals surface area contributed by atoms with E-state index in [0.29, 0.717) is 17.8 Å². The summed E-state index contributed by atoms with van der Waals surface area (Å²) >= 11 is 0. The summed E-state index contributed by atoms with van der Waals surface area (Å²) in [5, 5.41) is 0. The molecule has 2 aromatic rings. The summed E-state index contributed by atoms with van der Waals surface area (Å²) < 4.78 is 6.71. The van der Waals surface area contributed by atoms with Crippen molar-refractivity contribution in [3.05, 3.63) is 28.7 Å². The Morgan fingerprint density at radius 1 is 1.47 bits per heavy atom. The maximum absolute atomic E-state index is 11.5. The van der Waals surface area contributed by atoms with Crippen LogP contribution in [0.2, 0.25) is 0 Å². The highest BCUT2D eigenvalue weighted by Gasteiger charge is 2.10. The first kappa shape index (κ1) is 9.83. The van der Waals surface area contributed by atoms with Crippen molar-refractivity contribution in [2.75, 3.05) is 5.73 Å². The van der Waals surface area contributed by atoms with E-state index in [1.54, 1.807) is 22.8 Å². The van der Waals surface area contributed by atoms with Crippen LogP contribution < -0.4 is 11.5 Å². The molecule has 0 aliphatic heterocycles. The Morgan fingerprint density at radius 3 is 3.00 bits per heavy atom. The van der Waals surface area contributed by atoms with Crippen molar-refractivity contribution in [1.29, 1.82) is 0 Å². The van der Waals surface area contributed by atoms with Gasteiger partial charge in [0.05, 0.1) is 5.69 Å². The third kappa shape index (κ3) is 1.63. The first-order valence-electron chi connectivity index (χ1n) is 5.12. The molecule has 1 aromatic heterocycles. The zero-order chi connectivity index (χ0) is 10.8. The lowest BCUT2D eigenvalue weighted by Gasteiger charge is -2.01. The van der Waals surface area contributed by atoms with Crippen molar-refractivity contribution in [1.82, 2.24) is 4.57 Å². The molecule has 0 saturated heterocycles. The van der Waals surface area contributed by atoms with Crippen molar-refractivity contribution in [3.63, 3.8) is 0 Å². The number of hydrogen-bond donors (Lipinski definition) is 1. The largest absolute Gasteiger partial charge is 0.420 e. The molecule has 0 amide bonds. The van der Waals surface area contributed by atoms with Gasteiger partial charge in [-0.3, -0.25) is 4.57 Å². The minimum Gasteiger partial charge on any atom is -0.408 e. The fraction of sp³-hybridized carbons (Fsp3) is 0.364. The van der Waals surface area contributed by atoms with Crippen molar-refractivity contribution in [2.24, 2.45) is 0 Å². The van der Waals surface area contributed by atoms with E-state index in [0.717, 1.165) is 18.4 Å². The van der Waals surface area contributed by atoms with Gasteiger partial charge in [-0.15, -0.1) is 0 Å². The van der Waals surface area contributed by atoms with E-state index < -0.39 is 0 Å². The summed E-state index contributed by atoms with van der Waals surface area (Å²) in [7, 11) is 0. The van der Waals surface area contributed by atoms with E-state index >= 15 is 0 Å². The molecule has 0 unspecified atom stereocenters. The lowest BCUT2D eigenvalue weighted by Crippen LogP contribution is -2.14. The predicted molar refractivity (Wildman–Crippen MR) is 59.8 cm³/mol. The van der Waals surface area contributed by atoms with Gasteiger partial charge in [-0.1, -0.05) is 19.4 Å². The number of aryl methyl sites for hydroxylation is 1. The molecule has 2 rings (SSSR count). The average Bonchev–Trinajstić information content (AvgIpc) is 2.53. The third-order valence-electron chi connectivity index (χ3n) is 2.45. The Labute approximate surface area is 87.3 Å². The molecule has 1 aromatic carbocycles. The Balaban J connectivity index is 2.61. The molecule has 15 heavy (non-hydrogen) atoms. The number of benzene rings is 1. The number of oxazole rings is 1. The molecule has 0 bridgehead atoms. The molecule has 0 saturated carbocycles. The van der Waals surface area contributed by atoms with Gasteiger partial charge in [0.2, 0.25) is 0 Å². The van der Waals surface area contributed by atoms with E-state index in [-0.39, 0.29) is 5.76 Å². The van der Waals surface area contributed by atoms with Crippen molar-refractivity contribution >= 4 is 16.8 Å². The van der Waals surface area contributed by atoms with Crippen LogP contribution in [0.25, 0.3) is 11.1 Å². The van der Waals surface area contributed by atoms with Crippen LogP contribution in [-0.2, 0) is 6.54 Å². The van der Waals surface area contributed by atoms with Gasteiger partial charge in [0.25, 0.3) is 0 Å². The molecule has 80 valence electrons. The first-order valence-corrected chi connectivity index (χ1v) is 5.12. The van der Waals surface area contributed by atoms with Crippen LogP contribution in [0.1, 0.15) is 19.8 Å². The SMILES string of the molecule is CCCCn1c(=O)oc2cccc(N)c21. The number of fused-ring (bicyclic) bond motifs is 1. The number of nitrogen functional groups attached to an aromatic ring is 1. The molecular formula is C11H14N2O2. The highest BCUT2D eigenvalue weighted by molar-refractivity contribution is 5.85. The molecule has 0 fully saturated rings. The minimum absolute atomic E-state index is 0.323. The zero-order valence-electron chi connectivity index (χ0n) is 8.69. The smallest absolute Gasteiger partial charge is 0.408 e. The summed E-state index contributed by atoms with van der Waals surface area (Å²) in [6.07, 6.45) is 1.98. The Hall–Kier alpha value is -1.71. The van der Waals surface area contributed by atoms with Crippen LogP contribution in [-0.4, -0.2) is 4.57 Å². The lowest BCUT2D eigenvalue weighted by atomic mass is 10.2. The highest BCUT2D eigenvalue weighted by atomic mass is 16.4. The fourth-order valence-electron chi connectivity index (χ4n) is 1.67. The van der Waals surface area contributed by atoms with Crippen LogP contribution in [0.3, 0.4) is 0 Å². The van der Waals surface area contributed by atoms with E-state index in [4.69, 9.17) is 10.2 Å². The Bertz CT molecular complexity index is 525. The van der Waals surface area contributed by atoms with Gasteiger partial charge in [-0.25, -0.2) is 4.79 Å². The normalized spacial score (nSPS) is 11.0.